The van der Waals surface area contributed by atoms with Gasteiger partial charge in [-0.25, -0.2) is 9.37 Å². The van der Waals surface area contributed by atoms with Gasteiger partial charge in [0.25, 0.3) is 5.91 Å². The quantitative estimate of drug-likeness (QED) is 0.389. The van der Waals surface area contributed by atoms with Crippen LogP contribution in [0.2, 0.25) is 0 Å². The van der Waals surface area contributed by atoms with E-state index in [1.54, 1.807) is 4.90 Å². The Balaban J connectivity index is 1.33. The number of ether oxygens (including phenoxy) is 1. The second-order valence-corrected chi connectivity index (χ2v) is 10.0. The number of carbonyl (C=O) groups excluding carboxylic acids is 2. The summed E-state index contributed by atoms with van der Waals surface area (Å²) in [6.07, 6.45) is -0.685. The van der Waals surface area contributed by atoms with E-state index in [-0.39, 0.29) is 23.0 Å². The van der Waals surface area contributed by atoms with Crippen molar-refractivity contribution in [3.63, 3.8) is 0 Å². The normalized spacial score (nSPS) is 17.4. The molecule has 3 aromatic rings. The van der Waals surface area contributed by atoms with E-state index >= 15 is 4.39 Å². The van der Waals surface area contributed by atoms with Crippen molar-refractivity contribution in [2.75, 3.05) is 31.5 Å². The lowest BCUT2D eigenvalue weighted by Gasteiger charge is -2.33. The van der Waals surface area contributed by atoms with E-state index in [1.165, 1.54) is 19.2 Å². The molecule has 2 aliphatic heterocycles. The van der Waals surface area contributed by atoms with Crippen LogP contribution in [-0.4, -0.2) is 59.2 Å². The fourth-order valence-electron chi connectivity index (χ4n) is 5.60. The molecule has 8 nitrogen and oxygen atoms in total. The number of amides is 2. The molecule has 5 rings (SSSR count). The fraction of sp³-hybridized carbons (Fsp3) is 0.444. The number of pyridine rings is 1. The van der Waals surface area contributed by atoms with Crippen LogP contribution in [0.5, 0.6) is 5.75 Å². The van der Waals surface area contributed by atoms with Gasteiger partial charge in [-0.05, 0) is 62.9 Å². The van der Waals surface area contributed by atoms with Crippen molar-refractivity contribution in [1.82, 2.24) is 20.2 Å². The Kier molecular flexibility index (Phi) is 7.48. The Bertz CT molecular complexity index is 1380. The largest absolute Gasteiger partial charge is 0.573 e. The number of hydrogen-bond acceptors (Lipinski definition) is 5. The maximum absolute atomic E-state index is 15.1. The average molecular weight is 548 g/mol. The Morgan fingerprint density at radius 2 is 1.79 bits per heavy atom. The monoisotopic (exact) mass is 547 g/mol. The first-order chi connectivity index (χ1) is 18.6. The molecule has 0 bridgehead atoms. The first-order valence-corrected chi connectivity index (χ1v) is 12.9. The van der Waals surface area contributed by atoms with E-state index < -0.39 is 23.9 Å². The first-order valence-electron chi connectivity index (χ1n) is 12.9. The van der Waals surface area contributed by atoms with Crippen LogP contribution in [0.4, 0.5) is 23.2 Å². The maximum Gasteiger partial charge on any atom is 0.573 e. The number of rotatable bonds is 5. The van der Waals surface area contributed by atoms with Crippen LogP contribution in [0.15, 0.2) is 30.5 Å². The highest BCUT2D eigenvalue weighted by atomic mass is 19.4. The van der Waals surface area contributed by atoms with Gasteiger partial charge >= 0.3 is 6.36 Å². The number of aromatic nitrogens is 2. The van der Waals surface area contributed by atoms with Crippen LogP contribution in [-0.2, 0) is 4.79 Å². The molecule has 1 aromatic carbocycles. The van der Waals surface area contributed by atoms with Crippen molar-refractivity contribution < 1.29 is 31.9 Å². The molecule has 2 saturated heterocycles. The molecule has 12 heteroatoms. The molecule has 0 aliphatic carbocycles. The number of nitrogens with zero attached hydrogens (tertiary/aromatic N) is 2. The molecule has 0 unspecified atom stereocenters. The number of benzene rings is 1. The Morgan fingerprint density at radius 3 is 2.46 bits per heavy atom. The summed E-state index contributed by atoms with van der Waals surface area (Å²) in [5, 5.41) is 6.52. The number of aromatic amines is 1. The van der Waals surface area contributed by atoms with Gasteiger partial charge in [0.15, 0.2) is 0 Å². The van der Waals surface area contributed by atoms with Gasteiger partial charge in [-0.3, -0.25) is 9.59 Å². The van der Waals surface area contributed by atoms with E-state index in [9.17, 15) is 22.8 Å². The number of H-pyrrole nitrogens is 1. The van der Waals surface area contributed by atoms with Gasteiger partial charge in [-0.2, -0.15) is 0 Å². The summed E-state index contributed by atoms with van der Waals surface area (Å²) >= 11 is 0. The molecule has 2 amide bonds. The number of piperidine rings is 2. The number of anilines is 1. The summed E-state index contributed by atoms with van der Waals surface area (Å²) in [6.45, 7) is 3.70. The molecule has 0 spiro atoms. The predicted octanol–water partition coefficient (Wildman–Crippen LogP) is 5.05. The molecule has 208 valence electrons. The van der Waals surface area contributed by atoms with Crippen molar-refractivity contribution >= 4 is 28.5 Å². The Labute approximate surface area is 222 Å². The van der Waals surface area contributed by atoms with Crippen molar-refractivity contribution in [3.8, 4) is 5.75 Å². The topological polar surface area (TPSA) is 99.3 Å². The SMILES string of the molecule is CC(=O)Nc1cc(OC(F)(F)F)ccc1C(=O)N1CCC(c2c(F)cnc3[nH]c(C4CCNCC4)cc23)CC1. The minimum atomic E-state index is -4.91. The Hall–Kier alpha value is -3.67. The molecule has 4 heterocycles. The summed E-state index contributed by atoms with van der Waals surface area (Å²) in [7, 11) is 0. The van der Waals surface area contributed by atoms with E-state index in [2.05, 4.69) is 25.3 Å². The summed E-state index contributed by atoms with van der Waals surface area (Å²) < 4.78 is 57.0. The highest BCUT2D eigenvalue weighted by Crippen LogP contribution is 2.37. The number of fused-ring (bicyclic) bond motifs is 1. The fourth-order valence-corrected chi connectivity index (χ4v) is 5.60. The zero-order chi connectivity index (χ0) is 27.7. The van der Waals surface area contributed by atoms with Crippen LogP contribution in [0, 0.1) is 5.82 Å². The summed E-state index contributed by atoms with van der Waals surface area (Å²) in [5.74, 6) is -1.68. The molecular formula is C27H29F4N5O3. The van der Waals surface area contributed by atoms with Crippen LogP contribution >= 0.6 is 0 Å². The number of nitrogens with one attached hydrogen (secondary N) is 3. The Morgan fingerprint density at radius 1 is 1.08 bits per heavy atom. The first kappa shape index (κ1) is 26.9. The van der Waals surface area contributed by atoms with Gasteiger partial charge in [0.2, 0.25) is 5.91 Å². The zero-order valence-electron chi connectivity index (χ0n) is 21.3. The van der Waals surface area contributed by atoms with Crippen molar-refractivity contribution in [2.24, 2.45) is 0 Å². The summed E-state index contributed by atoms with van der Waals surface area (Å²) in [4.78, 5) is 34.2. The third-order valence-electron chi connectivity index (χ3n) is 7.41. The highest BCUT2D eigenvalue weighted by Gasteiger charge is 2.33. The smallest absolute Gasteiger partial charge is 0.406 e. The van der Waals surface area contributed by atoms with E-state index in [0.29, 0.717) is 43.1 Å². The molecule has 2 aliphatic rings. The number of carbonyl (C=O) groups is 2. The number of halogens is 4. The van der Waals surface area contributed by atoms with Crippen LogP contribution in [0.1, 0.15) is 66.1 Å². The molecule has 2 aromatic heterocycles. The number of likely N-dealkylation sites (tertiary alicyclic amines) is 1. The molecular weight excluding hydrogens is 518 g/mol. The third kappa shape index (κ3) is 6.00. The number of alkyl halides is 3. The molecule has 2 fully saturated rings. The summed E-state index contributed by atoms with van der Waals surface area (Å²) in [6, 6.07) is 5.23. The molecule has 0 saturated carbocycles. The highest BCUT2D eigenvalue weighted by molar-refractivity contribution is 6.03. The van der Waals surface area contributed by atoms with Crippen molar-refractivity contribution in [3.05, 3.63) is 53.1 Å². The van der Waals surface area contributed by atoms with Gasteiger partial charge in [0.1, 0.15) is 17.2 Å². The average Bonchev–Trinajstić information content (AvgIpc) is 3.32. The van der Waals surface area contributed by atoms with Crippen molar-refractivity contribution in [2.45, 2.75) is 50.8 Å². The van der Waals surface area contributed by atoms with Crippen LogP contribution in [0.25, 0.3) is 11.0 Å². The molecule has 0 radical (unpaired) electrons. The van der Waals surface area contributed by atoms with Gasteiger partial charge in [-0.15, -0.1) is 13.2 Å². The van der Waals surface area contributed by atoms with Crippen LogP contribution in [0.3, 0.4) is 0 Å². The minimum Gasteiger partial charge on any atom is -0.406 e. The zero-order valence-corrected chi connectivity index (χ0v) is 21.3. The van der Waals surface area contributed by atoms with Crippen LogP contribution < -0.4 is 15.4 Å². The predicted molar refractivity (Wildman–Crippen MR) is 136 cm³/mol. The maximum atomic E-state index is 15.1. The molecule has 39 heavy (non-hydrogen) atoms. The second kappa shape index (κ2) is 10.8. The standard InChI is InChI=1S/C27H29F4N5O3/c1-15(37)34-23-12-18(39-27(29,30)31)2-3-19(23)26(38)36-10-6-17(7-11-36)24-20-13-22(16-4-8-32-9-5-16)35-25(20)33-14-21(24)28/h2-3,12-14,16-17,32H,4-11H2,1H3,(H,33,35)(H,34,37). The lowest BCUT2D eigenvalue weighted by Crippen LogP contribution is -2.38. The summed E-state index contributed by atoms with van der Waals surface area (Å²) in [5.41, 5.74) is 2.28. The van der Waals surface area contributed by atoms with Crippen molar-refractivity contribution in [1.29, 1.82) is 0 Å². The minimum absolute atomic E-state index is 0.0490. The number of hydrogen-bond donors (Lipinski definition) is 3. The van der Waals surface area contributed by atoms with E-state index in [0.717, 1.165) is 49.1 Å². The van der Waals surface area contributed by atoms with Gasteiger partial charge in [0.05, 0.1) is 17.4 Å². The van der Waals surface area contributed by atoms with Gasteiger partial charge in [-0.1, -0.05) is 0 Å². The van der Waals surface area contributed by atoms with Gasteiger partial charge in [0, 0.05) is 48.6 Å². The molecule has 0 atom stereocenters. The molecule has 3 N–H and O–H groups in total. The van der Waals surface area contributed by atoms with Gasteiger partial charge < -0.3 is 25.3 Å². The lowest BCUT2D eigenvalue weighted by molar-refractivity contribution is -0.274. The van der Waals surface area contributed by atoms with E-state index in [1.807, 2.05) is 6.07 Å². The third-order valence-corrected chi connectivity index (χ3v) is 7.41. The lowest BCUT2D eigenvalue weighted by atomic mass is 9.87. The second-order valence-electron chi connectivity index (χ2n) is 10.0. The van der Waals surface area contributed by atoms with E-state index in [4.69, 9.17) is 0 Å².